The Bertz CT molecular complexity index is 1360. The molecule has 0 saturated carbocycles. The van der Waals surface area contributed by atoms with E-state index in [-0.39, 0.29) is 54.7 Å². The molecule has 10 heteroatoms. The number of halogens is 3. The smallest absolute Gasteiger partial charge is 0.341 e. The van der Waals surface area contributed by atoms with Crippen LogP contribution >= 0.6 is 11.6 Å². The number of hydrogen-bond acceptors (Lipinski definition) is 4. The topological polar surface area (TPSA) is 82.8 Å². The molecule has 34 heavy (non-hydrogen) atoms. The van der Waals surface area contributed by atoms with Crippen molar-refractivity contribution in [3.8, 4) is 0 Å². The number of pyridine rings is 1. The number of carboxylic acids is 1. The summed E-state index contributed by atoms with van der Waals surface area (Å²) in [6.07, 6.45) is 1.07. The van der Waals surface area contributed by atoms with Crippen molar-refractivity contribution in [1.82, 2.24) is 9.47 Å². The van der Waals surface area contributed by atoms with E-state index in [1.165, 1.54) is 9.47 Å². The highest BCUT2D eigenvalue weighted by Gasteiger charge is 2.32. The number of aromatic nitrogens is 1. The third-order valence-corrected chi connectivity index (χ3v) is 6.35. The van der Waals surface area contributed by atoms with Gasteiger partial charge in [0.2, 0.25) is 5.43 Å². The minimum absolute atomic E-state index is 0.152. The number of carbonyl (C=O) groups is 2. The van der Waals surface area contributed by atoms with Gasteiger partial charge in [-0.25, -0.2) is 13.6 Å². The molecule has 1 N–H and O–H groups in total. The number of carboxylic acid groups (broad SMARTS) is 1. The van der Waals surface area contributed by atoms with E-state index in [2.05, 4.69) is 0 Å². The van der Waals surface area contributed by atoms with Crippen LogP contribution in [0.2, 0.25) is 5.02 Å². The molecule has 1 aromatic heterocycles. The van der Waals surface area contributed by atoms with Crippen LogP contribution in [0.5, 0.6) is 0 Å². The van der Waals surface area contributed by atoms with E-state index in [9.17, 15) is 19.5 Å². The van der Waals surface area contributed by atoms with E-state index < -0.39 is 28.6 Å². The fraction of sp³-hybridized carbons (Fsp3) is 0.292. The van der Waals surface area contributed by atoms with Crippen molar-refractivity contribution in [2.45, 2.75) is 26.4 Å². The quantitative estimate of drug-likeness (QED) is 0.599. The second-order valence-corrected chi connectivity index (χ2v) is 8.62. The van der Waals surface area contributed by atoms with Gasteiger partial charge in [-0.15, -0.1) is 0 Å². The Morgan fingerprint density at radius 3 is 2.44 bits per heavy atom. The molecular weight excluding hydrogens is 468 g/mol. The minimum Gasteiger partial charge on any atom is -0.477 e. The Kier molecular flexibility index (Phi) is 6.31. The molecule has 1 fully saturated rings. The third-order valence-electron chi connectivity index (χ3n) is 6.10. The van der Waals surface area contributed by atoms with E-state index in [1.807, 2.05) is 0 Å². The molecule has 0 radical (unpaired) electrons. The molecule has 1 saturated heterocycles. The largest absolute Gasteiger partial charge is 0.477 e. The number of piperazine rings is 1. The van der Waals surface area contributed by atoms with Gasteiger partial charge in [0.15, 0.2) is 5.82 Å². The van der Waals surface area contributed by atoms with Crippen LogP contribution in [0.15, 0.2) is 41.3 Å². The minimum atomic E-state index is -1.46. The Morgan fingerprint density at radius 1 is 1.18 bits per heavy atom. The molecule has 0 aliphatic carbocycles. The van der Waals surface area contributed by atoms with Crippen LogP contribution in [0.1, 0.15) is 34.6 Å². The van der Waals surface area contributed by atoms with Crippen LogP contribution in [0.4, 0.5) is 14.5 Å². The molecule has 0 spiro atoms. The molecule has 1 unspecified atom stereocenters. The SMILES string of the molecule is CCn1cc(C(=O)O)c(=O)c2cc(F)c(N3CCN(C(=O)c4ccc(Cl)cc4)C(C)C3)c(F)c21. The second-order valence-electron chi connectivity index (χ2n) is 8.18. The van der Waals surface area contributed by atoms with Crippen LogP contribution in [0, 0.1) is 11.6 Å². The Morgan fingerprint density at radius 2 is 1.85 bits per heavy atom. The number of carbonyl (C=O) groups excluding carboxylic acids is 1. The zero-order valence-corrected chi connectivity index (χ0v) is 19.3. The summed E-state index contributed by atoms with van der Waals surface area (Å²) in [7, 11) is 0. The van der Waals surface area contributed by atoms with E-state index >= 15 is 8.78 Å². The standard InChI is InChI=1S/C24H22ClF2N3O4/c1-3-28-12-17(24(33)34)22(31)16-10-18(26)21(19(27)20(16)28)29-8-9-30(13(2)11-29)23(32)14-4-6-15(25)7-5-14/h4-7,10,12-13H,3,8-9,11H2,1-2H3,(H,33,34). The summed E-state index contributed by atoms with van der Waals surface area (Å²) in [4.78, 5) is 40.0. The maximum atomic E-state index is 15.7. The van der Waals surface area contributed by atoms with Crippen molar-refractivity contribution in [2.75, 3.05) is 24.5 Å². The lowest BCUT2D eigenvalue weighted by molar-refractivity contribution is 0.0670. The molecule has 1 amide bonds. The highest BCUT2D eigenvalue weighted by molar-refractivity contribution is 6.30. The van der Waals surface area contributed by atoms with Gasteiger partial charge in [0, 0.05) is 49.0 Å². The number of aryl methyl sites for hydroxylation is 1. The molecule has 1 aliphatic rings. The van der Waals surface area contributed by atoms with Gasteiger partial charge in [-0.1, -0.05) is 11.6 Å². The summed E-state index contributed by atoms with van der Waals surface area (Å²) in [5, 5.41) is 9.47. The lowest BCUT2D eigenvalue weighted by Gasteiger charge is -2.41. The summed E-state index contributed by atoms with van der Waals surface area (Å²) in [6, 6.07) is 7.04. The molecule has 3 aromatic rings. The number of anilines is 1. The first-order chi connectivity index (χ1) is 16.1. The van der Waals surface area contributed by atoms with Gasteiger partial charge in [-0.05, 0) is 44.2 Å². The molecule has 2 aromatic carbocycles. The van der Waals surface area contributed by atoms with Crippen LogP contribution in [0.25, 0.3) is 10.9 Å². The number of aromatic carboxylic acids is 1. The van der Waals surface area contributed by atoms with E-state index in [0.717, 1.165) is 12.3 Å². The number of hydrogen-bond donors (Lipinski definition) is 1. The summed E-state index contributed by atoms with van der Waals surface area (Å²) in [6.45, 7) is 4.21. The average molecular weight is 490 g/mol. The van der Waals surface area contributed by atoms with Gasteiger partial charge in [0.25, 0.3) is 5.91 Å². The van der Waals surface area contributed by atoms with Crippen molar-refractivity contribution in [3.63, 3.8) is 0 Å². The van der Waals surface area contributed by atoms with Gasteiger partial charge < -0.3 is 19.5 Å². The summed E-state index contributed by atoms with van der Waals surface area (Å²) >= 11 is 5.89. The van der Waals surface area contributed by atoms with Crippen molar-refractivity contribution < 1.29 is 23.5 Å². The van der Waals surface area contributed by atoms with E-state index in [4.69, 9.17) is 11.6 Å². The highest BCUT2D eigenvalue weighted by Crippen LogP contribution is 2.32. The summed E-state index contributed by atoms with van der Waals surface area (Å²) < 4.78 is 32.1. The second kappa shape index (κ2) is 9.06. The monoisotopic (exact) mass is 489 g/mol. The van der Waals surface area contributed by atoms with E-state index in [0.29, 0.717) is 10.6 Å². The molecular formula is C24H22ClF2N3O4. The van der Waals surface area contributed by atoms with Gasteiger partial charge in [-0.2, -0.15) is 0 Å². The lowest BCUT2D eigenvalue weighted by Crippen LogP contribution is -2.54. The predicted molar refractivity (Wildman–Crippen MR) is 125 cm³/mol. The highest BCUT2D eigenvalue weighted by atomic mass is 35.5. The summed E-state index contributed by atoms with van der Waals surface area (Å²) in [5.41, 5.74) is -1.48. The fourth-order valence-electron chi connectivity index (χ4n) is 4.39. The number of rotatable bonds is 4. The number of amides is 1. The molecule has 2 heterocycles. The Balaban J connectivity index is 1.70. The van der Waals surface area contributed by atoms with Gasteiger partial charge in [0.05, 0.1) is 10.9 Å². The first-order valence-electron chi connectivity index (χ1n) is 10.7. The van der Waals surface area contributed by atoms with Crippen LogP contribution in [-0.4, -0.2) is 52.1 Å². The predicted octanol–water partition coefficient (Wildman–Crippen LogP) is 4.00. The molecule has 0 bridgehead atoms. The van der Waals surface area contributed by atoms with Crippen LogP contribution in [0.3, 0.4) is 0 Å². The normalized spacial score (nSPS) is 16.2. The Labute approximate surface area is 198 Å². The number of nitrogens with zero attached hydrogens (tertiary/aromatic N) is 3. The van der Waals surface area contributed by atoms with Gasteiger partial charge in [-0.3, -0.25) is 9.59 Å². The number of fused-ring (bicyclic) bond motifs is 1. The fourth-order valence-corrected chi connectivity index (χ4v) is 4.51. The molecule has 4 rings (SSSR count). The number of benzene rings is 2. The van der Waals surface area contributed by atoms with Crippen molar-refractivity contribution in [2.24, 2.45) is 0 Å². The van der Waals surface area contributed by atoms with Crippen LogP contribution in [-0.2, 0) is 6.54 Å². The third kappa shape index (κ3) is 4.00. The Hall–Kier alpha value is -3.46. The van der Waals surface area contributed by atoms with Gasteiger partial charge >= 0.3 is 5.97 Å². The molecule has 7 nitrogen and oxygen atoms in total. The first kappa shape index (κ1) is 23.7. The average Bonchev–Trinajstić information content (AvgIpc) is 2.79. The molecule has 1 atom stereocenters. The van der Waals surface area contributed by atoms with Crippen LogP contribution < -0.4 is 10.3 Å². The molecule has 178 valence electrons. The molecule has 1 aliphatic heterocycles. The maximum Gasteiger partial charge on any atom is 0.341 e. The van der Waals surface area contributed by atoms with Crippen molar-refractivity contribution >= 4 is 40.1 Å². The first-order valence-corrected chi connectivity index (χ1v) is 11.1. The zero-order chi connectivity index (χ0) is 24.7. The summed E-state index contributed by atoms with van der Waals surface area (Å²) in [5.74, 6) is -3.56. The zero-order valence-electron chi connectivity index (χ0n) is 18.5. The van der Waals surface area contributed by atoms with Crippen molar-refractivity contribution in [1.29, 1.82) is 0 Å². The maximum absolute atomic E-state index is 15.7. The van der Waals surface area contributed by atoms with E-state index in [1.54, 1.807) is 43.0 Å². The van der Waals surface area contributed by atoms with Crippen molar-refractivity contribution in [3.05, 3.63) is 74.5 Å². The van der Waals surface area contributed by atoms with Gasteiger partial charge in [0.1, 0.15) is 17.1 Å². The lowest BCUT2D eigenvalue weighted by atomic mass is 10.1.